The third-order valence-corrected chi connectivity index (χ3v) is 3.13. The molecule has 0 fully saturated rings. The molecule has 3 nitrogen and oxygen atoms in total. The molecule has 0 bridgehead atoms. The van der Waals surface area contributed by atoms with E-state index >= 15 is 0 Å². The molecule has 1 unspecified atom stereocenters. The number of rotatable bonds is 3. The van der Waals surface area contributed by atoms with Crippen molar-refractivity contribution in [1.29, 1.82) is 5.26 Å². The zero-order valence-electron chi connectivity index (χ0n) is 11.1. The van der Waals surface area contributed by atoms with Gasteiger partial charge in [-0.25, -0.2) is 0 Å². The predicted octanol–water partition coefficient (Wildman–Crippen LogP) is 3.62. The van der Waals surface area contributed by atoms with Crippen LogP contribution in [0.4, 0.5) is 11.4 Å². The van der Waals surface area contributed by atoms with E-state index < -0.39 is 0 Å². The van der Waals surface area contributed by atoms with Crippen molar-refractivity contribution < 1.29 is 0 Å². The Bertz CT molecular complexity index is 609. The second-order valence-corrected chi connectivity index (χ2v) is 4.69. The normalized spacial score (nSPS) is 11.6. The average molecular weight is 251 g/mol. The predicted molar refractivity (Wildman–Crippen MR) is 78.8 cm³/mol. The fraction of sp³-hybridized carbons (Fsp3) is 0.188. The van der Waals surface area contributed by atoms with Gasteiger partial charge in [0.15, 0.2) is 0 Å². The van der Waals surface area contributed by atoms with Crippen LogP contribution >= 0.6 is 0 Å². The number of hydrogen-bond acceptors (Lipinski definition) is 3. The van der Waals surface area contributed by atoms with E-state index in [4.69, 9.17) is 11.0 Å². The SMILES string of the molecule is Cc1ccc(C(C)Nc2ccc(C#N)c(N)c2)cc1. The van der Waals surface area contributed by atoms with Gasteiger partial charge in [-0.15, -0.1) is 0 Å². The first-order valence-electron chi connectivity index (χ1n) is 6.23. The summed E-state index contributed by atoms with van der Waals surface area (Å²) in [5.74, 6) is 0. The lowest BCUT2D eigenvalue weighted by atomic mass is 10.1. The molecule has 3 N–H and O–H groups in total. The first kappa shape index (κ1) is 13.0. The third kappa shape index (κ3) is 3.05. The lowest BCUT2D eigenvalue weighted by molar-refractivity contribution is 0.884. The van der Waals surface area contributed by atoms with Crippen LogP contribution in [0.25, 0.3) is 0 Å². The molecule has 0 spiro atoms. The van der Waals surface area contributed by atoms with Crippen molar-refractivity contribution in [3.8, 4) is 6.07 Å². The molecule has 2 aromatic carbocycles. The Morgan fingerprint density at radius 2 is 1.84 bits per heavy atom. The van der Waals surface area contributed by atoms with E-state index in [1.54, 1.807) is 12.1 Å². The average Bonchev–Trinajstić information content (AvgIpc) is 2.39. The molecule has 0 aliphatic carbocycles. The second kappa shape index (κ2) is 5.45. The van der Waals surface area contributed by atoms with E-state index in [-0.39, 0.29) is 6.04 Å². The summed E-state index contributed by atoms with van der Waals surface area (Å²) in [6.45, 7) is 4.17. The highest BCUT2D eigenvalue weighted by Crippen LogP contribution is 2.22. The Balaban J connectivity index is 2.15. The number of anilines is 2. The number of aryl methyl sites for hydroxylation is 1. The highest BCUT2D eigenvalue weighted by Gasteiger charge is 2.06. The molecule has 0 saturated heterocycles. The highest BCUT2D eigenvalue weighted by atomic mass is 14.9. The van der Waals surface area contributed by atoms with Gasteiger partial charge in [0, 0.05) is 11.7 Å². The molecule has 0 aliphatic rings. The van der Waals surface area contributed by atoms with Gasteiger partial charge in [0.25, 0.3) is 0 Å². The van der Waals surface area contributed by atoms with E-state index in [0.29, 0.717) is 11.3 Å². The van der Waals surface area contributed by atoms with Gasteiger partial charge in [0.2, 0.25) is 0 Å². The fourth-order valence-corrected chi connectivity index (χ4v) is 1.94. The van der Waals surface area contributed by atoms with Gasteiger partial charge in [-0.1, -0.05) is 29.8 Å². The molecule has 0 aromatic heterocycles. The summed E-state index contributed by atoms with van der Waals surface area (Å²) in [6, 6.07) is 16.1. The Morgan fingerprint density at radius 1 is 1.16 bits per heavy atom. The van der Waals surface area contributed by atoms with Gasteiger partial charge in [-0.2, -0.15) is 5.26 Å². The topological polar surface area (TPSA) is 61.8 Å². The van der Waals surface area contributed by atoms with Crippen LogP contribution in [0.1, 0.15) is 29.7 Å². The van der Waals surface area contributed by atoms with Crippen molar-refractivity contribution in [2.24, 2.45) is 0 Å². The molecule has 3 heteroatoms. The second-order valence-electron chi connectivity index (χ2n) is 4.69. The zero-order chi connectivity index (χ0) is 13.8. The van der Waals surface area contributed by atoms with E-state index in [1.807, 2.05) is 6.07 Å². The minimum atomic E-state index is 0.188. The van der Waals surface area contributed by atoms with Gasteiger partial charge in [-0.3, -0.25) is 0 Å². The van der Waals surface area contributed by atoms with Crippen LogP contribution in [0.3, 0.4) is 0 Å². The largest absolute Gasteiger partial charge is 0.398 e. The standard InChI is InChI=1S/C16H17N3/c1-11-3-5-13(6-4-11)12(2)19-15-8-7-14(10-17)16(18)9-15/h3-9,12,19H,18H2,1-2H3. The maximum Gasteiger partial charge on any atom is 0.101 e. The van der Waals surface area contributed by atoms with E-state index in [9.17, 15) is 0 Å². The van der Waals surface area contributed by atoms with Gasteiger partial charge in [-0.05, 0) is 37.6 Å². The summed E-state index contributed by atoms with van der Waals surface area (Å²) >= 11 is 0. The number of nitrogens with two attached hydrogens (primary N) is 1. The molecule has 0 heterocycles. The summed E-state index contributed by atoms with van der Waals surface area (Å²) in [5.41, 5.74) is 10.2. The van der Waals surface area contributed by atoms with Crippen LogP contribution < -0.4 is 11.1 Å². The van der Waals surface area contributed by atoms with Crippen LogP contribution in [0.15, 0.2) is 42.5 Å². The Kier molecular flexibility index (Phi) is 3.72. The molecular weight excluding hydrogens is 234 g/mol. The number of nitriles is 1. The Labute approximate surface area is 113 Å². The van der Waals surface area contributed by atoms with Crippen LogP contribution in [-0.2, 0) is 0 Å². The van der Waals surface area contributed by atoms with Crippen molar-refractivity contribution in [1.82, 2.24) is 0 Å². The molecule has 1 atom stereocenters. The summed E-state index contributed by atoms with van der Waals surface area (Å²) in [7, 11) is 0. The maximum atomic E-state index is 8.84. The molecule has 0 amide bonds. The van der Waals surface area contributed by atoms with Gasteiger partial charge < -0.3 is 11.1 Å². The molecule has 2 aromatic rings. The monoisotopic (exact) mass is 251 g/mol. The minimum Gasteiger partial charge on any atom is -0.398 e. The van der Waals surface area contributed by atoms with Crippen molar-refractivity contribution in [3.63, 3.8) is 0 Å². The highest BCUT2D eigenvalue weighted by molar-refractivity contribution is 5.63. The molecular formula is C16H17N3. The fourth-order valence-electron chi connectivity index (χ4n) is 1.94. The number of nitrogen functional groups attached to an aromatic ring is 1. The molecule has 96 valence electrons. The summed E-state index contributed by atoms with van der Waals surface area (Å²) in [6.07, 6.45) is 0. The Hall–Kier alpha value is -2.47. The summed E-state index contributed by atoms with van der Waals surface area (Å²) in [4.78, 5) is 0. The Morgan fingerprint density at radius 3 is 2.42 bits per heavy atom. The van der Waals surface area contributed by atoms with Crippen molar-refractivity contribution >= 4 is 11.4 Å². The van der Waals surface area contributed by atoms with E-state index in [1.165, 1.54) is 11.1 Å². The maximum absolute atomic E-state index is 8.84. The summed E-state index contributed by atoms with van der Waals surface area (Å²) in [5, 5.41) is 12.2. The molecule has 0 aliphatic heterocycles. The van der Waals surface area contributed by atoms with Gasteiger partial charge >= 0.3 is 0 Å². The lowest BCUT2D eigenvalue weighted by Gasteiger charge is -2.16. The smallest absolute Gasteiger partial charge is 0.101 e. The molecule has 2 rings (SSSR count). The number of hydrogen-bond donors (Lipinski definition) is 2. The van der Waals surface area contributed by atoms with Crippen LogP contribution in [0, 0.1) is 18.3 Å². The lowest BCUT2D eigenvalue weighted by Crippen LogP contribution is -2.07. The van der Waals surface area contributed by atoms with Crippen LogP contribution in [0.5, 0.6) is 0 Å². The van der Waals surface area contributed by atoms with Crippen LogP contribution in [-0.4, -0.2) is 0 Å². The number of nitrogens with zero attached hydrogens (tertiary/aromatic N) is 1. The van der Waals surface area contributed by atoms with Crippen LogP contribution in [0.2, 0.25) is 0 Å². The van der Waals surface area contributed by atoms with Gasteiger partial charge in [0.05, 0.1) is 11.3 Å². The number of nitrogens with one attached hydrogen (secondary N) is 1. The quantitative estimate of drug-likeness (QED) is 0.819. The van der Waals surface area contributed by atoms with Gasteiger partial charge in [0.1, 0.15) is 6.07 Å². The van der Waals surface area contributed by atoms with E-state index in [2.05, 4.69) is 49.5 Å². The van der Waals surface area contributed by atoms with Crippen molar-refractivity contribution in [3.05, 3.63) is 59.2 Å². The third-order valence-electron chi connectivity index (χ3n) is 3.13. The first-order valence-corrected chi connectivity index (χ1v) is 6.23. The van der Waals surface area contributed by atoms with E-state index in [0.717, 1.165) is 5.69 Å². The minimum absolute atomic E-state index is 0.188. The van der Waals surface area contributed by atoms with Crippen molar-refractivity contribution in [2.45, 2.75) is 19.9 Å². The summed E-state index contributed by atoms with van der Waals surface area (Å²) < 4.78 is 0. The molecule has 0 saturated carbocycles. The molecule has 19 heavy (non-hydrogen) atoms. The number of benzene rings is 2. The van der Waals surface area contributed by atoms with Crippen molar-refractivity contribution in [2.75, 3.05) is 11.1 Å². The zero-order valence-corrected chi connectivity index (χ0v) is 11.1. The first-order chi connectivity index (χ1) is 9.10. The molecule has 0 radical (unpaired) electrons.